The summed E-state index contributed by atoms with van der Waals surface area (Å²) in [5.74, 6) is 1.37. The molecule has 0 amide bonds. The van der Waals surface area contributed by atoms with Gasteiger partial charge in [0.15, 0.2) is 11.5 Å². The molecule has 2 aromatic rings. The van der Waals surface area contributed by atoms with Crippen LogP contribution in [0, 0.1) is 0 Å². The second kappa shape index (κ2) is 10.2. The molecule has 0 radical (unpaired) electrons. The second-order valence-corrected chi connectivity index (χ2v) is 8.25. The molecule has 0 saturated carbocycles. The van der Waals surface area contributed by atoms with Crippen molar-refractivity contribution in [2.75, 3.05) is 35.0 Å². The van der Waals surface area contributed by atoms with Gasteiger partial charge in [0.05, 0.1) is 34.5 Å². The van der Waals surface area contributed by atoms with Crippen molar-refractivity contribution in [2.45, 2.75) is 31.3 Å². The van der Waals surface area contributed by atoms with Crippen molar-refractivity contribution in [3.63, 3.8) is 0 Å². The second-order valence-electron chi connectivity index (χ2n) is 7.34. The molecule has 1 N–H and O–H groups in total. The topological polar surface area (TPSA) is 77.5 Å². The highest BCUT2D eigenvalue weighted by molar-refractivity contribution is 9.10. The minimum Gasteiger partial charge on any atom is -0.496 e. The molecule has 7 nitrogen and oxygen atoms in total. The highest BCUT2D eigenvalue weighted by Gasteiger charge is 2.37. The van der Waals surface area contributed by atoms with Gasteiger partial charge in [-0.3, -0.25) is 9.69 Å². The van der Waals surface area contributed by atoms with Gasteiger partial charge < -0.3 is 24.1 Å². The quantitative estimate of drug-likeness (QED) is 0.579. The standard InChI is InChI=1S/C23H28BrNO6/c1-28-18-9-8-15(24)13-16(18)21(25-10-6-5-7-17(25)23(26)27)14-11-19(29-2)22(31-4)20(12-14)30-3/h8-9,11-13,17,21H,5-7,10H2,1-4H3,(H,26,27). The van der Waals surface area contributed by atoms with Gasteiger partial charge in [-0.25, -0.2) is 0 Å². The molecule has 0 aliphatic carbocycles. The van der Waals surface area contributed by atoms with Gasteiger partial charge in [-0.15, -0.1) is 0 Å². The van der Waals surface area contributed by atoms with Crippen molar-refractivity contribution >= 4 is 21.9 Å². The van der Waals surface area contributed by atoms with Gasteiger partial charge in [0.25, 0.3) is 0 Å². The maximum Gasteiger partial charge on any atom is 0.320 e. The van der Waals surface area contributed by atoms with Gasteiger partial charge in [0, 0.05) is 10.0 Å². The first kappa shape index (κ1) is 23.2. The highest BCUT2D eigenvalue weighted by Crippen LogP contribution is 2.45. The number of carboxylic acid groups (broad SMARTS) is 1. The zero-order valence-electron chi connectivity index (χ0n) is 18.2. The van der Waals surface area contributed by atoms with Crippen LogP contribution < -0.4 is 18.9 Å². The number of carbonyl (C=O) groups is 1. The maximum atomic E-state index is 12.1. The molecule has 0 aromatic heterocycles. The van der Waals surface area contributed by atoms with E-state index < -0.39 is 12.0 Å². The van der Waals surface area contributed by atoms with E-state index in [2.05, 4.69) is 15.9 Å². The molecular formula is C23H28BrNO6. The zero-order valence-corrected chi connectivity index (χ0v) is 19.8. The molecule has 3 rings (SSSR count). The Morgan fingerprint density at radius 1 is 1.00 bits per heavy atom. The monoisotopic (exact) mass is 493 g/mol. The summed E-state index contributed by atoms with van der Waals surface area (Å²) in [6, 6.07) is 8.51. The van der Waals surface area contributed by atoms with Crippen LogP contribution in [0.3, 0.4) is 0 Å². The molecule has 1 saturated heterocycles. The smallest absolute Gasteiger partial charge is 0.320 e. The number of hydrogen-bond acceptors (Lipinski definition) is 6. The van der Waals surface area contributed by atoms with E-state index >= 15 is 0 Å². The first-order chi connectivity index (χ1) is 14.9. The minimum absolute atomic E-state index is 0.387. The molecule has 2 unspecified atom stereocenters. The van der Waals surface area contributed by atoms with E-state index in [1.165, 1.54) is 0 Å². The van der Waals surface area contributed by atoms with E-state index in [1.54, 1.807) is 28.4 Å². The molecule has 0 bridgehead atoms. The number of halogens is 1. The summed E-state index contributed by atoms with van der Waals surface area (Å²) in [6.07, 6.45) is 2.39. The van der Waals surface area contributed by atoms with Crippen LogP contribution in [0.25, 0.3) is 0 Å². The Morgan fingerprint density at radius 3 is 2.19 bits per heavy atom. The summed E-state index contributed by atoms with van der Waals surface area (Å²) in [4.78, 5) is 14.2. The third kappa shape index (κ3) is 4.75. The Morgan fingerprint density at radius 2 is 1.65 bits per heavy atom. The lowest BCUT2D eigenvalue weighted by Gasteiger charge is -2.40. The lowest BCUT2D eigenvalue weighted by Crippen LogP contribution is -2.47. The summed E-state index contributed by atoms with van der Waals surface area (Å²) in [5.41, 5.74) is 1.69. The van der Waals surface area contributed by atoms with Gasteiger partial charge in [0.2, 0.25) is 5.75 Å². The van der Waals surface area contributed by atoms with Crippen LogP contribution in [0.2, 0.25) is 0 Å². The average Bonchev–Trinajstić information content (AvgIpc) is 2.78. The first-order valence-electron chi connectivity index (χ1n) is 10.1. The van der Waals surface area contributed by atoms with Crippen molar-refractivity contribution in [1.29, 1.82) is 0 Å². The van der Waals surface area contributed by atoms with Crippen molar-refractivity contribution in [1.82, 2.24) is 4.90 Å². The molecule has 31 heavy (non-hydrogen) atoms. The Bertz CT molecular complexity index is 909. The Hall–Kier alpha value is -2.45. The van der Waals surface area contributed by atoms with Crippen LogP contribution in [0.4, 0.5) is 0 Å². The molecule has 8 heteroatoms. The normalized spacial score (nSPS) is 17.6. The largest absolute Gasteiger partial charge is 0.496 e. The van der Waals surface area contributed by atoms with E-state index in [0.717, 1.165) is 28.4 Å². The lowest BCUT2D eigenvalue weighted by molar-refractivity contribution is -0.145. The molecule has 1 fully saturated rings. The zero-order chi connectivity index (χ0) is 22.5. The summed E-state index contributed by atoms with van der Waals surface area (Å²) in [7, 11) is 6.30. The predicted molar refractivity (Wildman–Crippen MR) is 121 cm³/mol. The number of likely N-dealkylation sites (tertiary alicyclic amines) is 1. The Kier molecular flexibility index (Phi) is 7.67. The fourth-order valence-electron chi connectivity index (χ4n) is 4.26. The predicted octanol–water partition coefficient (Wildman–Crippen LogP) is 4.51. The SMILES string of the molecule is COc1ccc(Br)cc1C(c1cc(OC)c(OC)c(OC)c1)N1CCCCC1C(=O)O. The average molecular weight is 494 g/mol. The molecule has 1 aliphatic rings. The van der Waals surface area contributed by atoms with Crippen molar-refractivity contribution in [3.05, 3.63) is 45.9 Å². The van der Waals surface area contributed by atoms with Crippen LogP contribution in [0.1, 0.15) is 36.4 Å². The van der Waals surface area contributed by atoms with Crippen LogP contribution >= 0.6 is 15.9 Å². The lowest BCUT2D eigenvalue weighted by atomic mass is 9.90. The molecule has 1 aliphatic heterocycles. The van der Waals surface area contributed by atoms with Crippen molar-refractivity contribution in [2.24, 2.45) is 0 Å². The molecular weight excluding hydrogens is 466 g/mol. The summed E-state index contributed by atoms with van der Waals surface area (Å²) in [6.45, 7) is 0.647. The van der Waals surface area contributed by atoms with Crippen molar-refractivity contribution < 1.29 is 28.8 Å². The molecule has 2 aromatic carbocycles. The number of methoxy groups -OCH3 is 4. The van der Waals surface area contributed by atoms with Gasteiger partial charge in [-0.1, -0.05) is 22.4 Å². The highest BCUT2D eigenvalue weighted by atomic mass is 79.9. The summed E-state index contributed by atoms with van der Waals surface area (Å²) >= 11 is 3.55. The van der Waals surface area contributed by atoms with Gasteiger partial charge >= 0.3 is 5.97 Å². The number of ether oxygens (including phenoxy) is 4. The van der Waals surface area contributed by atoms with Crippen LogP contribution in [0.5, 0.6) is 23.0 Å². The van der Waals surface area contributed by atoms with E-state index in [9.17, 15) is 9.90 Å². The fourth-order valence-corrected chi connectivity index (χ4v) is 4.63. The summed E-state index contributed by atoms with van der Waals surface area (Å²) < 4.78 is 23.2. The first-order valence-corrected chi connectivity index (χ1v) is 10.9. The van der Waals surface area contributed by atoms with Gasteiger partial charge in [0.1, 0.15) is 11.8 Å². The van der Waals surface area contributed by atoms with Crippen molar-refractivity contribution in [3.8, 4) is 23.0 Å². The number of carboxylic acids is 1. The number of benzene rings is 2. The number of rotatable bonds is 8. The maximum absolute atomic E-state index is 12.1. The van der Waals surface area contributed by atoms with Gasteiger partial charge in [-0.05, 0) is 55.3 Å². The third-order valence-corrected chi connectivity index (χ3v) is 6.14. The number of piperidine rings is 1. The molecule has 1 heterocycles. The van der Waals surface area contributed by atoms with Crippen LogP contribution in [-0.4, -0.2) is 57.0 Å². The third-order valence-electron chi connectivity index (χ3n) is 5.65. The van der Waals surface area contributed by atoms with E-state index in [4.69, 9.17) is 18.9 Å². The Labute approximate surface area is 191 Å². The van der Waals surface area contributed by atoms with E-state index in [1.807, 2.05) is 35.2 Å². The Balaban J connectivity index is 2.27. The number of aliphatic carboxylic acids is 1. The molecule has 2 atom stereocenters. The van der Waals surface area contributed by atoms with Crippen LogP contribution in [0.15, 0.2) is 34.8 Å². The van der Waals surface area contributed by atoms with E-state index in [0.29, 0.717) is 36.0 Å². The number of nitrogens with zero attached hydrogens (tertiary/aromatic N) is 1. The molecule has 0 spiro atoms. The summed E-state index contributed by atoms with van der Waals surface area (Å²) in [5, 5.41) is 9.96. The fraction of sp³-hybridized carbons (Fsp3) is 0.435. The minimum atomic E-state index is -0.828. The van der Waals surface area contributed by atoms with Crippen LogP contribution in [-0.2, 0) is 4.79 Å². The van der Waals surface area contributed by atoms with E-state index in [-0.39, 0.29) is 6.04 Å². The van der Waals surface area contributed by atoms with Gasteiger partial charge in [-0.2, -0.15) is 0 Å². The molecule has 168 valence electrons. The number of hydrogen-bond donors (Lipinski definition) is 1.